The Hall–Kier alpha value is -4.43. The number of halogens is 1. The van der Waals surface area contributed by atoms with Crippen LogP contribution >= 0.6 is 0 Å². The highest BCUT2D eigenvalue weighted by atomic mass is 32.2. The third-order valence-electron chi connectivity index (χ3n) is 10.0. The number of nitrogens with one attached hydrogen (secondary N) is 3. The van der Waals surface area contributed by atoms with E-state index in [1.807, 2.05) is 6.08 Å². The van der Waals surface area contributed by atoms with E-state index < -0.39 is 86.2 Å². The summed E-state index contributed by atoms with van der Waals surface area (Å²) in [6.45, 7) is 4.98. The maximum absolute atomic E-state index is 14.4. The highest BCUT2D eigenvalue weighted by Crippen LogP contribution is 2.46. The summed E-state index contributed by atoms with van der Waals surface area (Å²) in [5.74, 6) is -3.22. The smallest absolute Gasteiger partial charge is 0.410 e. The molecule has 1 aromatic carbocycles. The Kier molecular flexibility index (Phi) is 10.4. The first-order valence-corrected chi connectivity index (χ1v) is 19.4. The van der Waals surface area contributed by atoms with Gasteiger partial charge >= 0.3 is 12.2 Å². The van der Waals surface area contributed by atoms with E-state index in [1.165, 1.54) is 15.9 Å². The van der Waals surface area contributed by atoms with Gasteiger partial charge in [0.05, 0.1) is 18.3 Å². The molecule has 3 aliphatic heterocycles. The second-order valence-corrected chi connectivity index (χ2v) is 17.3. The van der Waals surface area contributed by atoms with Gasteiger partial charge in [0.1, 0.15) is 35.1 Å². The lowest BCUT2D eigenvalue weighted by atomic mass is 10.0. The van der Waals surface area contributed by atoms with E-state index in [0.29, 0.717) is 36.8 Å². The first-order valence-electron chi connectivity index (χ1n) is 17.9. The molecular formula is C36H46FN5O9S. The van der Waals surface area contributed by atoms with E-state index in [-0.39, 0.29) is 38.9 Å². The van der Waals surface area contributed by atoms with Gasteiger partial charge in [0.15, 0.2) is 0 Å². The van der Waals surface area contributed by atoms with Crippen molar-refractivity contribution in [1.82, 2.24) is 25.2 Å². The molecule has 0 bridgehead atoms. The van der Waals surface area contributed by atoms with Crippen LogP contribution in [0, 0.1) is 11.7 Å². The van der Waals surface area contributed by atoms with E-state index in [4.69, 9.17) is 9.47 Å². The molecule has 6 rings (SSSR count). The van der Waals surface area contributed by atoms with Crippen LogP contribution in [-0.2, 0) is 47.0 Å². The van der Waals surface area contributed by atoms with Gasteiger partial charge < -0.3 is 25.0 Å². The normalized spacial score (nSPS) is 27.9. The number of carbonyl (C=O) groups excluding carboxylic acids is 5. The van der Waals surface area contributed by atoms with Gasteiger partial charge in [-0.05, 0) is 83.1 Å². The Balaban J connectivity index is 1.26. The van der Waals surface area contributed by atoms with Crippen molar-refractivity contribution in [2.45, 2.75) is 126 Å². The fourth-order valence-electron chi connectivity index (χ4n) is 6.98. The molecule has 52 heavy (non-hydrogen) atoms. The molecule has 0 unspecified atom stereocenters. The molecule has 0 radical (unpaired) electrons. The zero-order chi connectivity index (χ0) is 37.4. The maximum Gasteiger partial charge on any atom is 0.410 e. The van der Waals surface area contributed by atoms with Crippen molar-refractivity contribution in [3.63, 3.8) is 0 Å². The minimum atomic E-state index is -3.94. The summed E-state index contributed by atoms with van der Waals surface area (Å²) in [7, 11) is -3.94. The van der Waals surface area contributed by atoms with Crippen molar-refractivity contribution in [3.8, 4) is 0 Å². The number of carbonyl (C=O) groups is 5. The first kappa shape index (κ1) is 37.3. The number of rotatable bonds is 5. The number of sulfonamides is 1. The largest absolute Gasteiger partial charge is 0.444 e. The Morgan fingerprint density at radius 3 is 2.56 bits per heavy atom. The van der Waals surface area contributed by atoms with Crippen LogP contribution < -0.4 is 15.4 Å². The van der Waals surface area contributed by atoms with Crippen molar-refractivity contribution in [1.29, 1.82) is 0 Å². The molecule has 3 N–H and O–H groups in total. The molecule has 3 heterocycles. The number of hydrogen-bond donors (Lipinski definition) is 3. The Morgan fingerprint density at radius 2 is 1.85 bits per heavy atom. The maximum atomic E-state index is 14.4. The molecule has 2 saturated carbocycles. The van der Waals surface area contributed by atoms with Crippen LogP contribution in [0.25, 0.3) is 0 Å². The monoisotopic (exact) mass is 743 g/mol. The molecule has 5 amide bonds. The highest BCUT2D eigenvalue weighted by Gasteiger charge is 2.62. The zero-order valence-electron chi connectivity index (χ0n) is 29.6. The summed E-state index contributed by atoms with van der Waals surface area (Å²) in [6, 6.07) is 2.25. The first-order chi connectivity index (χ1) is 24.6. The Morgan fingerprint density at radius 1 is 1.08 bits per heavy atom. The molecule has 5 aliphatic rings. The summed E-state index contributed by atoms with van der Waals surface area (Å²) in [4.78, 5) is 70.9. The van der Waals surface area contributed by atoms with Crippen LogP contribution in [0.15, 0.2) is 36.1 Å². The lowest BCUT2D eigenvalue weighted by Crippen LogP contribution is -2.58. The quantitative estimate of drug-likeness (QED) is 0.382. The fraction of sp³-hybridized carbons (Fsp3) is 0.611. The van der Waals surface area contributed by atoms with E-state index in [2.05, 4.69) is 21.1 Å². The minimum Gasteiger partial charge on any atom is -0.444 e. The van der Waals surface area contributed by atoms with Crippen LogP contribution in [0.2, 0.25) is 0 Å². The van der Waals surface area contributed by atoms with Crippen molar-refractivity contribution in [2.24, 2.45) is 5.92 Å². The molecule has 1 aromatic rings. The van der Waals surface area contributed by atoms with Crippen LogP contribution in [0.5, 0.6) is 0 Å². The topological polar surface area (TPSA) is 181 Å². The van der Waals surface area contributed by atoms with Gasteiger partial charge in [-0.25, -0.2) is 22.4 Å². The number of nitrogens with zero attached hydrogens (tertiary/aromatic N) is 2. The van der Waals surface area contributed by atoms with Gasteiger partial charge in [-0.2, -0.15) is 0 Å². The molecular weight excluding hydrogens is 697 g/mol. The molecule has 3 fully saturated rings. The third-order valence-corrected chi connectivity index (χ3v) is 11.8. The summed E-state index contributed by atoms with van der Waals surface area (Å²) in [5.41, 5.74) is 1.65. The van der Waals surface area contributed by atoms with Gasteiger partial charge in [0.25, 0.3) is 5.91 Å². The van der Waals surface area contributed by atoms with Crippen LogP contribution in [0.1, 0.15) is 89.7 Å². The van der Waals surface area contributed by atoms with Crippen molar-refractivity contribution < 1.29 is 46.3 Å². The summed E-state index contributed by atoms with van der Waals surface area (Å²) in [6.07, 6.45) is 4.69. The second-order valence-electron chi connectivity index (χ2n) is 15.3. The summed E-state index contributed by atoms with van der Waals surface area (Å²) >= 11 is 0. The second kappa shape index (κ2) is 14.5. The van der Waals surface area contributed by atoms with Crippen LogP contribution in [-0.4, -0.2) is 89.2 Å². The zero-order valence-corrected chi connectivity index (χ0v) is 30.4. The van der Waals surface area contributed by atoms with Crippen LogP contribution in [0.4, 0.5) is 14.0 Å². The number of amides is 5. The minimum absolute atomic E-state index is 0.00719. The predicted molar refractivity (Wildman–Crippen MR) is 184 cm³/mol. The molecule has 282 valence electrons. The fourth-order valence-corrected chi connectivity index (χ4v) is 8.35. The summed E-state index contributed by atoms with van der Waals surface area (Å²) < 4.78 is 53.3. The highest BCUT2D eigenvalue weighted by molar-refractivity contribution is 7.91. The Labute approximate surface area is 302 Å². The average Bonchev–Trinajstić information content (AvgIpc) is 3.94. The molecule has 14 nitrogen and oxygen atoms in total. The molecule has 1 saturated heterocycles. The van der Waals surface area contributed by atoms with E-state index in [1.54, 1.807) is 39.0 Å². The predicted octanol–water partition coefficient (Wildman–Crippen LogP) is 3.30. The standard InChI is InChI=1S/C36H46FN5O9S/c1-35(2,3)51-33(46)38-28-14-9-7-5-4-6-8-12-23-18-36(23,32(45)40-52(48,49)25-15-16-25)39-30(43)29-17-24(20-42(29)31(28)44)50-34(47)41-19-22-11-10-13-27(37)26(22)21-41/h6,10-13,23-25,28-29H,4-5,7,9,14-21H2,1-3H3,(H,38,46)(H,39,43)(H,40,45)/t8?,23-,24-,28+,29+,36-/m1/s1. The van der Waals surface area contributed by atoms with E-state index in [9.17, 15) is 36.8 Å². The van der Waals surface area contributed by atoms with E-state index >= 15 is 0 Å². The van der Waals surface area contributed by atoms with Gasteiger partial charge in [-0.15, -0.1) is 5.73 Å². The lowest BCUT2D eigenvalue weighted by molar-refractivity contribution is -0.141. The molecule has 0 spiro atoms. The summed E-state index contributed by atoms with van der Waals surface area (Å²) in [5, 5.41) is 4.75. The van der Waals surface area contributed by atoms with Crippen molar-refractivity contribution in [2.75, 3.05) is 6.54 Å². The van der Waals surface area contributed by atoms with Crippen molar-refractivity contribution in [3.05, 3.63) is 53.0 Å². The molecule has 5 atom stereocenters. The average molecular weight is 744 g/mol. The number of hydrogen-bond acceptors (Lipinski definition) is 9. The SMILES string of the molecule is CC(C)(C)OC(=O)N[C@H]1CCCCCC=C=C[C@@H]2C[C@@]2(C(=O)NS(=O)(=O)C2CC2)NC(=O)[C@@H]2C[C@@H](OC(=O)N3Cc4cccc(F)c4C3)CN2C1=O. The number of alkyl carbamates (subject to hydrolysis) is 1. The van der Waals surface area contributed by atoms with Crippen molar-refractivity contribution >= 4 is 39.9 Å². The molecule has 16 heteroatoms. The lowest BCUT2D eigenvalue weighted by Gasteiger charge is -2.30. The van der Waals surface area contributed by atoms with Gasteiger partial charge in [0.2, 0.25) is 21.8 Å². The number of benzene rings is 1. The number of fused-ring (bicyclic) bond motifs is 3. The van der Waals surface area contributed by atoms with Gasteiger partial charge in [-0.1, -0.05) is 25.0 Å². The number of ether oxygens (including phenoxy) is 2. The van der Waals surface area contributed by atoms with Crippen LogP contribution in [0.3, 0.4) is 0 Å². The third kappa shape index (κ3) is 8.44. The van der Waals surface area contributed by atoms with Gasteiger partial charge in [0, 0.05) is 24.4 Å². The molecule has 2 aliphatic carbocycles. The van der Waals surface area contributed by atoms with E-state index in [0.717, 1.165) is 12.8 Å². The molecule has 0 aromatic heterocycles. The Bertz CT molecular complexity index is 1800. The van der Waals surface area contributed by atoms with Gasteiger partial charge in [-0.3, -0.25) is 24.0 Å².